The topological polar surface area (TPSA) is 38.0 Å². The van der Waals surface area contributed by atoms with Crippen molar-refractivity contribution in [2.45, 2.75) is 19.9 Å². The van der Waals surface area contributed by atoms with Crippen molar-refractivity contribution in [2.75, 3.05) is 0 Å². The molecule has 1 N–H and O–H groups in total. The van der Waals surface area contributed by atoms with Gasteiger partial charge < -0.3 is 9.67 Å². The summed E-state index contributed by atoms with van der Waals surface area (Å²) in [6.07, 6.45) is 4.54. The third-order valence-corrected chi connectivity index (χ3v) is 2.39. The second-order valence-corrected chi connectivity index (χ2v) is 3.61. The normalized spacial score (nSPS) is 10.6. The summed E-state index contributed by atoms with van der Waals surface area (Å²) in [6.45, 7) is 2.92. The van der Waals surface area contributed by atoms with E-state index in [9.17, 15) is 4.39 Å². The van der Waals surface area contributed by atoms with Gasteiger partial charge in [-0.1, -0.05) is 6.92 Å². The molecule has 1 aromatic heterocycles. The van der Waals surface area contributed by atoms with Crippen molar-refractivity contribution in [3.63, 3.8) is 0 Å². The average Bonchev–Trinajstić information content (AvgIpc) is 2.71. The molecule has 84 valence electrons. The number of hydrogen-bond acceptors (Lipinski definition) is 2. The lowest BCUT2D eigenvalue weighted by Crippen LogP contribution is -1.98. The molecule has 0 amide bonds. The number of halogens is 1. The number of benzene rings is 1. The van der Waals surface area contributed by atoms with Gasteiger partial charge in [-0.25, -0.2) is 9.37 Å². The Morgan fingerprint density at radius 1 is 1.44 bits per heavy atom. The molecule has 0 aliphatic rings. The monoisotopic (exact) mass is 220 g/mol. The molecule has 0 aliphatic carbocycles. The number of rotatable bonds is 3. The van der Waals surface area contributed by atoms with Crippen molar-refractivity contribution >= 4 is 0 Å². The third kappa shape index (κ3) is 1.91. The molecule has 2 rings (SSSR count). The highest BCUT2D eigenvalue weighted by Crippen LogP contribution is 2.23. The highest BCUT2D eigenvalue weighted by Gasteiger charge is 2.08. The molecule has 1 heterocycles. The van der Waals surface area contributed by atoms with Gasteiger partial charge in [-0.3, -0.25) is 0 Å². The van der Waals surface area contributed by atoms with Crippen LogP contribution in [0.1, 0.15) is 13.3 Å². The Bertz CT molecular complexity index is 494. The Morgan fingerprint density at radius 3 is 2.94 bits per heavy atom. The van der Waals surface area contributed by atoms with Crippen LogP contribution in [-0.2, 0) is 6.54 Å². The summed E-state index contributed by atoms with van der Waals surface area (Å²) >= 11 is 0. The molecule has 2 aromatic rings. The second-order valence-electron chi connectivity index (χ2n) is 3.61. The number of nitrogens with zero attached hydrogens (tertiary/aromatic N) is 2. The Labute approximate surface area is 93.2 Å². The molecule has 1 aromatic carbocycles. The molecule has 0 saturated carbocycles. The Kier molecular flexibility index (Phi) is 2.90. The predicted octanol–water partition coefficient (Wildman–Crippen LogP) is 2.80. The fraction of sp³-hybridized carbons (Fsp3) is 0.250. The minimum absolute atomic E-state index is 0.336. The largest absolute Gasteiger partial charge is 0.505 e. The van der Waals surface area contributed by atoms with Crippen molar-refractivity contribution in [2.24, 2.45) is 0 Å². The number of aryl methyl sites for hydroxylation is 1. The predicted molar refractivity (Wildman–Crippen MR) is 59.6 cm³/mol. The molecule has 0 fully saturated rings. The molecular weight excluding hydrogens is 207 g/mol. The van der Waals surface area contributed by atoms with Crippen LogP contribution in [0.4, 0.5) is 4.39 Å². The van der Waals surface area contributed by atoms with E-state index >= 15 is 0 Å². The molecule has 0 spiro atoms. The van der Waals surface area contributed by atoms with Crippen LogP contribution in [0.15, 0.2) is 30.6 Å². The summed E-state index contributed by atoms with van der Waals surface area (Å²) in [5.74, 6) is -0.235. The van der Waals surface area contributed by atoms with Crippen molar-refractivity contribution < 1.29 is 9.50 Å². The lowest BCUT2D eigenvalue weighted by molar-refractivity contribution is 0.432. The lowest BCUT2D eigenvalue weighted by atomic mass is 10.2. The fourth-order valence-electron chi connectivity index (χ4n) is 1.64. The van der Waals surface area contributed by atoms with Gasteiger partial charge in [0.1, 0.15) is 5.82 Å². The molecule has 16 heavy (non-hydrogen) atoms. The van der Waals surface area contributed by atoms with E-state index < -0.39 is 5.82 Å². The molecule has 4 heteroatoms. The van der Waals surface area contributed by atoms with Crippen LogP contribution in [0.2, 0.25) is 0 Å². The molecular formula is C12H13FN2O. The summed E-state index contributed by atoms with van der Waals surface area (Å²) in [4.78, 5) is 4.19. The zero-order valence-corrected chi connectivity index (χ0v) is 9.02. The molecule has 0 radical (unpaired) electrons. The van der Waals surface area contributed by atoms with E-state index in [1.807, 2.05) is 10.8 Å². The van der Waals surface area contributed by atoms with Crippen molar-refractivity contribution in [3.8, 4) is 17.1 Å². The van der Waals surface area contributed by atoms with E-state index in [-0.39, 0.29) is 5.75 Å². The molecule has 0 aliphatic heterocycles. The van der Waals surface area contributed by atoms with Crippen LogP contribution in [0.5, 0.6) is 5.75 Å². The lowest BCUT2D eigenvalue weighted by Gasteiger charge is -2.06. The first-order chi connectivity index (χ1) is 7.72. The summed E-state index contributed by atoms with van der Waals surface area (Å²) in [6, 6.07) is 4.30. The van der Waals surface area contributed by atoms with Gasteiger partial charge in [-0.2, -0.15) is 0 Å². The van der Waals surface area contributed by atoms with E-state index in [0.717, 1.165) is 18.8 Å². The van der Waals surface area contributed by atoms with E-state index in [1.165, 1.54) is 12.1 Å². The Morgan fingerprint density at radius 2 is 2.25 bits per heavy atom. The van der Waals surface area contributed by atoms with Gasteiger partial charge in [0.15, 0.2) is 11.6 Å². The van der Waals surface area contributed by atoms with Gasteiger partial charge in [0, 0.05) is 24.5 Å². The Hall–Kier alpha value is -1.84. The summed E-state index contributed by atoms with van der Waals surface area (Å²) in [5.41, 5.74) is 0.675. The van der Waals surface area contributed by atoms with Crippen LogP contribution in [0.25, 0.3) is 11.4 Å². The highest BCUT2D eigenvalue weighted by atomic mass is 19.1. The van der Waals surface area contributed by atoms with Gasteiger partial charge in [-0.15, -0.1) is 0 Å². The number of phenols is 1. The summed E-state index contributed by atoms with van der Waals surface area (Å²) < 4.78 is 15.2. The van der Waals surface area contributed by atoms with Crippen LogP contribution in [0, 0.1) is 5.82 Å². The molecule has 0 atom stereocenters. The van der Waals surface area contributed by atoms with E-state index in [2.05, 4.69) is 11.9 Å². The number of aromatic hydroxyl groups is 1. The number of aromatic nitrogens is 2. The van der Waals surface area contributed by atoms with Gasteiger partial charge in [-0.05, 0) is 24.6 Å². The third-order valence-electron chi connectivity index (χ3n) is 2.39. The van der Waals surface area contributed by atoms with Crippen molar-refractivity contribution in [1.29, 1.82) is 0 Å². The highest BCUT2D eigenvalue weighted by molar-refractivity contribution is 5.57. The van der Waals surface area contributed by atoms with Crippen LogP contribution >= 0.6 is 0 Å². The minimum atomic E-state index is -0.622. The summed E-state index contributed by atoms with van der Waals surface area (Å²) in [7, 11) is 0. The zero-order chi connectivity index (χ0) is 11.5. The van der Waals surface area contributed by atoms with Crippen LogP contribution < -0.4 is 0 Å². The quantitative estimate of drug-likeness (QED) is 0.863. The fourth-order valence-corrected chi connectivity index (χ4v) is 1.64. The average molecular weight is 220 g/mol. The molecule has 0 saturated heterocycles. The van der Waals surface area contributed by atoms with Gasteiger partial charge in [0.25, 0.3) is 0 Å². The smallest absolute Gasteiger partial charge is 0.165 e. The van der Waals surface area contributed by atoms with E-state index in [0.29, 0.717) is 5.56 Å². The maximum Gasteiger partial charge on any atom is 0.165 e. The number of hydrogen-bond donors (Lipinski definition) is 1. The summed E-state index contributed by atoms with van der Waals surface area (Å²) in [5, 5.41) is 9.11. The van der Waals surface area contributed by atoms with Crippen molar-refractivity contribution in [3.05, 3.63) is 36.4 Å². The van der Waals surface area contributed by atoms with Gasteiger partial charge in [0.2, 0.25) is 0 Å². The zero-order valence-electron chi connectivity index (χ0n) is 9.02. The molecule has 3 nitrogen and oxygen atoms in total. The number of phenolic OH excluding ortho intramolecular Hbond substituents is 1. The molecule has 0 bridgehead atoms. The van der Waals surface area contributed by atoms with Crippen LogP contribution in [-0.4, -0.2) is 14.7 Å². The first-order valence-electron chi connectivity index (χ1n) is 5.22. The van der Waals surface area contributed by atoms with Crippen LogP contribution in [0.3, 0.4) is 0 Å². The minimum Gasteiger partial charge on any atom is -0.505 e. The number of imidazole rings is 1. The first kappa shape index (κ1) is 10.7. The van der Waals surface area contributed by atoms with E-state index in [4.69, 9.17) is 5.11 Å². The van der Waals surface area contributed by atoms with E-state index in [1.54, 1.807) is 12.3 Å². The maximum absolute atomic E-state index is 13.2. The molecule has 0 unspecified atom stereocenters. The second kappa shape index (κ2) is 4.35. The maximum atomic E-state index is 13.2. The van der Waals surface area contributed by atoms with Gasteiger partial charge >= 0.3 is 0 Å². The first-order valence-corrected chi connectivity index (χ1v) is 5.22. The standard InChI is InChI=1S/C12H13FN2O/c1-2-6-15-7-5-14-12(15)9-3-4-11(16)10(13)8-9/h3-5,7-8,16H,2,6H2,1H3. The van der Waals surface area contributed by atoms with Gasteiger partial charge in [0.05, 0.1) is 0 Å². The van der Waals surface area contributed by atoms with Crippen molar-refractivity contribution in [1.82, 2.24) is 9.55 Å². The Balaban J connectivity index is 2.42. The SMILES string of the molecule is CCCn1ccnc1-c1ccc(O)c(F)c1.